The summed E-state index contributed by atoms with van der Waals surface area (Å²) < 4.78 is 25.3. The van der Waals surface area contributed by atoms with E-state index in [9.17, 15) is 0 Å². The molecule has 0 fully saturated rings. The number of halogens is 1. The summed E-state index contributed by atoms with van der Waals surface area (Å²) in [5, 5.41) is 0. The van der Waals surface area contributed by atoms with Crippen LogP contribution in [0.5, 0.6) is 0 Å². The van der Waals surface area contributed by atoms with E-state index in [1.54, 1.807) is 0 Å². The minimum absolute atomic E-state index is 0. The first kappa shape index (κ1) is 8.86. The van der Waals surface area contributed by atoms with Crippen LogP contribution in [0, 0.1) is 0 Å². The molecule has 0 spiro atoms. The first-order valence-electron chi connectivity index (χ1n) is 0.500. The SMILES string of the molecule is Cl.O=S(=O)=O. The van der Waals surface area contributed by atoms with Crippen molar-refractivity contribution in [2.24, 2.45) is 0 Å². The summed E-state index contributed by atoms with van der Waals surface area (Å²) in [7, 11) is -3.11. The fraction of sp³-hybridized carbons (Fsp3) is 0. The fourth-order valence-electron chi connectivity index (χ4n) is 0. The van der Waals surface area contributed by atoms with Gasteiger partial charge in [-0.25, -0.2) is 0 Å². The highest BCUT2D eigenvalue weighted by atomic mass is 35.5. The number of rotatable bonds is 0. The molecule has 0 aliphatic carbocycles. The molecule has 0 aromatic heterocycles. The molecule has 0 aromatic carbocycles. The molecule has 0 radical (unpaired) electrons. The van der Waals surface area contributed by atoms with Gasteiger partial charge < -0.3 is 0 Å². The second-order valence-corrected chi connectivity index (χ2v) is 0.612. The standard InChI is InChI=1S/ClH.O3S/c;1-4(2)3/h1H;. The Labute approximate surface area is 36.5 Å². The van der Waals surface area contributed by atoms with E-state index in [2.05, 4.69) is 0 Å². The maximum atomic E-state index is 8.44. The van der Waals surface area contributed by atoms with Gasteiger partial charge in [0.15, 0.2) is 0 Å². The van der Waals surface area contributed by atoms with E-state index in [1.807, 2.05) is 0 Å². The van der Waals surface area contributed by atoms with Crippen molar-refractivity contribution in [1.82, 2.24) is 0 Å². The third kappa shape index (κ3) is 1760. The van der Waals surface area contributed by atoms with E-state index in [4.69, 9.17) is 12.6 Å². The van der Waals surface area contributed by atoms with Gasteiger partial charge in [0, 0.05) is 0 Å². The molecule has 0 N–H and O–H groups in total. The first-order chi connectivity index (χ1) is 1.73. The summed E-state index contributed by atoms with van der Waals surface area (Å²) in [5.74, 6) is 0. The molecule has 0 rings (SSSR count). The zero-order valence-electron chi connectivity index (χ0n) is 2.04. The Balaban J connectivity index is 0. The zero-order valence-corrected chi connectivity index (χ0v) is 3.67. The first-order valence-corrected chi connectivity index (χ1v) is 1.50. The van der Waals surface area contributed by atoms with E-state index >= 15 is 0 Å². The Hall–Kier alpha value is -0.0900. The van der Waals surface area contributed by atoms with Gasteiger partial charge in [0.05, 0.1) is 0 Å². The Morgan fingerprint density at radius 1 is 1.00 bits per heavy atom. The monoisotopic (exact) mass is 116 g/mol. The molecule has 0 bridgehead atoms. The van der Waals surface area contributed by atoms with E-state index < -0.39 is 10.6 Å². The molecular formula is HClO3S. The van der Waals surface area contributed by atoms with Crippen LogP contribution in [0.1, 0.15) is 0 Å². The van der Waals surface area contributed by atoms with Crippen molar-refractivity contribution in [2.75, 3.05) is 0 Å². The summed E-state index contributed by atoms with van der Waals surface area (Å²) in [5.41, 5.74) is 0. The summed E-state index contributed by atoms with van der Waals surface area (Å²) in [6.07, 6.45) is 0. The molecule has 32 valence electrons. The highest BCUT2D eigenvalue weighted by Crippen LogP contribution is 1.07. The highest BCUT2D eigenvalue weighted by Gasteiger charge is 1.40. The van der Waals surface area contributed by atoms with Crippen molar-refractivity contribution in [3.8, 4) is 0 Å². The van der Waals surface area contributed by atoms with Crippen molar-refractivity contribution in [3.63, 3.8) is 0 Å². The predicted molar refractivity (Wildman–Crippen MR) is 16.9 cm³/mol. The molecule has 0 aliphatic heterocycles. The van der Waals surface area contributed by atoms with Crippen molar-refractivity contribution in [1.29, 1.82) is 0 Å². The summed E-state index contributed by atoms with van der Waals surface area (Å²) >= 11 is 0. The Morgan fingerprint density at radius 3 is 1.00 bits per heavy atom. The summed E-state index contributed by atoms with van der Waals surface area (Å²) in [4.78, 5) is 0. The Kier molecular flexibility index (Phi) is 6.93. The van der Waals surface area contributed by atoms with Crippen LogP contribution in [0.3, 0.4) is 0 Å². The Morgan fingerprint density at radius 2 is 1.00 bits per heavy atom. The lowest BCUT2D eigenvalue weighted by atomic mass is 15.9. The fourth-order valence-corrected chi connectivity index (χ4v) is 0. The van der Waals surface area contributed by atoms with Crippen molar-refractivity contribution in [2.45, 2.75) is 0 Å². The normalized spacial score (nSPS) is 4.80. The molecule has 0 saturated carbocycles. The van der Waals surface area contributed by atoms with E-state index in [0.717, 1.165) is 0 Å². The minimum Gasteiger partial charge on any atom is -0.147 e. The van der Waals surface area contributed by atoms with Crippen molar-refractivity contribution < 1.29 is 12.6 Å². The Bertz CT molecular complexity index is 76.3. The maximum Gasteiger partial charge on any atom is 0.425 e. The predicted octanol–water partition coefficient (Wildman–Crippen LogP) is -0.582. The van der Waals surface area contributed by atoms with Crippen LogP contribution in [0.2, 0.25) is 0 Å². The van der Waals surface area contributed by atoms with Crippen LogP contribution in [-0.2, 0) is 10.6 Å². The van der Waals surface area contributed by atoms with E-state index in [1.165, 1.54) is 0 Å². The van der Waals surface area contributed by atoms with E-state index in [-0.39, 0.29) is 12.4 Å². The topological polar surface area (TPSA) is 51.2 Å². The molecule has 0 unspecified atom stereocenters. The highest BCUT2D eigenvalue weighted by molar-refractivity contribution is 7.59. The number of hydrogen-bond donors (Lipinski definition) is 0. The second-order valence-electron chi connectivity index (χ2n) is 0.204. The molecule has 0 aromatic rings. The number of hydrogen-bond acceptors (Lipinski definition) is 3. The van der Waals surface area contributed by atoms with Crippen LogP contribution in [0.25, 0.3) is 0 Å². The van der Waals surface area contributed by atoms with Gasteiger partial charge in [-0.1, -0.05) is 0 Å². The largest absolute Gasteiger partial charge is 0.425 e. The molecule has 5 heavy (non-hydrogen) atoms. The van der Waals surface area contributed by atoms with Gasteiger partial charge in [0.25, 0.3) is 0 Å². The smallest absolute Gasteiger partial charge is 0.147 e. The summed E-state index contributed by atoms with van der Waals surface area (Å²) in [6.45, 7) is 0. The summed E-state index contributed by atoms with van der Waals surface area (Å²) in [6, 6.07) is 0. The third-order valence-corrected chi connectivity index (χ3v) is 0. The molecular weight excluding hydrogens is 116 g/mol. The van der Waals surface area contributed by atoms with Crippen molar-refractivity contribution in [3.05, 3.63) is 0 Å². The average molecular weight is 117 g/mol. The van der Waals surface area contributed by atoms with Gasteiger partial charge in [0.1, 0.15) is 0 Å². The van der Waals surface area contributed by atoms with Gasteiger partial charge in [0.2, 0.25) is 0 Å². The lowest BCUT2D eigenvalue weighted by molar-refractivity contribution is 0.559. The lowest BCUT2D eigenvalue weighted by Gasteiger charge is -1.11. The van der Waals surface area contributed by atoms with Crippen LogP contribution >= 0.6 is 12.4 Å². The van der Waals surface area contributed by atoms with Crippen LogP contribution in [-0.4, -0.2) is 12.6 Å². The molecule has 3 nitrogen and oxygen atoms in total. The van der Waals surface area contributed by atoms with Gasteiger partial charge in [-0.3, -0.25) is 0 Å². The van der Waals surface area contributed by atoms with Crippen LogP contribution in [0.4, 0.5) is 0 Å². The van der Waals surface area contributed by atoms with Gasteiger partial charge in [-0.15, -0.1) is 25.0 Å². The quantitative estimate of drug-likeness (QED) is 0.425. The second kappa shape index (κ2) is 3.91. The molecule has 0 saturated heterocycles. The van der Waals surface area contributed by atoms with Crippen LogP contribution in [0.15, 0.2) is 0 Å². The maximum absolute atomic E-state index is 8.44. The average Bonchev–Trinajstić information content (AvgIpc) is 0.811. The van der Waals surface area contributed by atoms with Crippen molar-refractivity contribution >= 4 is 23.0 Å². The molecule has 0 atom stereocenters. The third-order valence-electron chi connectivity index (χ3n) is 0. The lowest BCUT2D eigenvalue weighted by Crippen LogP contribution is -1.40. The minimum atomic E-state index is -3.11. The van der Waals surface area contributed by atoms with Crippen LogP contribution < -0.4 is 0 Å². The molecule has 5 heteroatoms. The molecule has 0 aliphatic rings. The molecule has 0 heterocycles. The van der Waals surface area contributed by atoms with Gasteiger partial charge in [-0.2, -0.15) is 0 Å². The van der Waals surface area contributed by atoms with Gasteiger partial charge >= 0.3 is 10.6 Å². The molecule has 0 amide bonds. The van der Waals surface area contributed by atoms with Gasteiger partial charge in [-0.05, 0) is 0 Å². The van der Waals surface area contributed by atoms with E-state index in [0.29, 0.717) is 0 Å². The zero-order chi connectivity index (χ0) is 3.58.